The van der Waals surface area contributed by atoms with Gasteiger partial charge >= 0.3 is 0 Å². The molecule has 0 aliphatic heterocycles. The highest BCUT2D eigenvalue weighted by Gasteiger charge is 2.18. The highest BCUT2D eigenvalue weighted by atomic mass is 14.6. The largest absolute Gasteiger partial charge is 0.324 e. The van der Waals surface area contributed by atoms with E-state index in [1.807, 2.05) is 0 Å². The first kappa shape index (κ1) is 8.76. The lowest BCUT2D eigenvalue weighted by Gasteiger charge is -2.25. The summed E-state index contributed by atoms with van der Waals surface area (Å²) in [5, 5.41) is 0. The van der Waals surface area contributed by atoms with E-state index >= 15 is 0 Å². The van der Waals surface area contributed by atoms with Gasteiger partial charge in [-0.1, -0.05) is 18.2 Å². The summed E-state index contributed by atoms with van der Waals surface area (Å²) in [6.45, 7) is 2.08. The van der Waals surface area contributed by atoms with Crippen LogP contribution in [0.5, 0.6) is 0 Å². The van der Waals surface area contributed by atoms with Gasteiger partial charge in [0, 0.05) is 6.04 Å². The number of rotatable bonds is 1. The Balaban J connectivity index is 2.34. The standard InChI is InChI=1S/C12H17N/c1-9(13)11-8-4-6-10-5-2-3-7-12(10)11/h2,5,8-9H,3-4,6-7,13H2,1H3/t9-/m0/s1. The molecule has 0 radical (unpaired) electrons. The van der Waals surface area contributed by atoms with Crippen LogP contribution in [0.25, 0.3) is 0 Å². The van der Waals surface area contributed by atoms with Gasteiger partial charge < -0.3 is 5.73 Å². The molecule has 0 bridgehead atoms. The minimum atomic E-state index is 0.205. The molecular weight excluding hydrogens is 158 g/mol. The van der Waals surface area contributed by atoms with E-state index < -0.39 is 0 Å². The van der Waals surface area contributed by atoms with E-state index in [4.69, 9.17) is 5.73 Å². The molecule has 0 heterocycles. The Bertz CT molecular complexity index is 292. The molecule has 0 aromatic rings. The van der Waals surface area contributed by atoms with Crippen molar-refractivity contribution in [1.82, 2.24) is 0 Å². The van der Waals surface area contributed by atoms with E-state index in [2.05, 4.69) is 25.2 Å². The lowest BCUT2D eigenvalue weighted by atomic mass is 9.82. The van der Waals surface area contributed by atoms with Gasteiger partial charge in [0.05, 0.1) is 0 Å². The highest BCUT2D eigenvalue weighted by molar-refractivity contribution is 5.46. The number of nitrogens with two attached hydrogens (primary N) is 1. The number of hydrogen-bond donors (Lipinski definition) is 1. The van der Waals surface area contributed by atoms with E-state index in [0.29, 0.717) is 0 Å². The van der Waals surface area contributed by atoms with E-state index in [-0.39, 0.29) is 6.04 Å². The van der Waals surface area contributed by atoms with Gasteiger partial charge in [-0.05, 0) is 49.3 Å². The molecule has 1 heteroatoms. The topological polar surface area (TPSA) is 26.0 Å². The van der Waals surface area contributed by atoms with E-state index in [9.17, 15) is 0 Å². The fourth-order valence-electron chi connectivity index (χ4n) is 2.25. The molecule has 0 unspecified atom stereocenters. The molecule has 0 amide bonds. The molecule has 2 aliphatic carbocycles. The quantitative estimate of drug-likeness (QED) is 0.651. The molecule has 0 spiro atoms. The van der Waals surface area contributed by atoms with Crippen molar-refractivity contribution < 1.29 is 0 Å². The summed E-state index contributed by atoms with van der Waals surface area (Å²) in [7, 11) is 0. The van der Waals surface area contributed by atoms with Gasteiger partial charge in [-0.25, -0.2) is 0 Å². The Hall–Kier alpha value is -0.820. The molecule has 2 N–H and O–H groups in total. The first-order valence-electron chi connectivity index (χ1n) is 5.13. The summed E-state index contributed by atoms with van der Waals surface area (Å²) in [5.41, 5.74) is 10.4. The Morgan fingerprint density at radius 2 is 2.15 bits per heavy atom. The molecule has 2 rings (SSSR count). The van der Waals surface area contributed by atoms with Crippen LogP contribution in [0.15, 0.2) is 34.9 Å². The van der Waals surface area contributed by atoms with Crippen molar-refractivity contribution in [3.63, 3.8) is 0 Å². The van der Waals surface area contributed by atoms with E-state index in [0.717, 1.165) is 0 Å². The predicted molar refractivity (Wildman–Crippen MR) is 56.4 cm³/mol. The zero-order valence-electron chi connectivity index (χ0n) is 8.22. The summed E-state index contributed by atoms with van der Waals surface area (Å²) in [5.74, 6) is 0. The predicted octanol–water partition coefficient (Wildman–Crippen LogP) is 2.70. The monoisotopic (exact) mass is 175 g/mol. The Morgan fingerprint density at radius 3 is 2.92 bits per heavy atom. The van der Waals surface area contributed by atoms with Crippen LogP contribution in [0.4, 0.5) is 0 Å². The molecule has 0 saturated heterocycles. The van der Waals surface area contributed by atoms with Crippen LogP contribution in [-0.4, -0.2) is 6.04 Å². The summed E-state index contributed by atoms with van der Waals surface area (Å²) in [4.78, 5) is 0. The van der Waals surface area contributed by atoms with Gasteiger partial charge in [0.2, 0.25) is 0 Å². The van der Waals surface area contributed by atoms with Gasteiger partial charge in [-0.3, -0.25) is 0 Å². The summed E-state index contributed by atoms with van der Waals surface area (Å²) < 4.78 is 0. The van der Waals surface area contributed by atoms with Gasteiger partial charge in [0.25, 0.3) is 0 Å². The number of allylic oxidation sites excluding steroid dienone is 4. The molecular formula is C12H17N. The second-order valence-corrected chi connectivity index (χ2v) is 3.93. The van der Waals surface area contributed by atoms with Crippen LogP contribution in [0.2, 0.25) is 0 Å². The van der Waals surface area contributed by atoms with Crippen molar-refractivity contribution >= 4 is 0 Å². The molecule has 2 aliphatic rings. The number of hydrogen-bond acceptors (Lipinski definition) is 1. The maximum atomic E-state index is 5.95. The minimum absolute atomic E-state index is 0.205. The summed E-state index contributed by atoms with van der Waals surface area (Å²) in [6.07, 6.45) is 11.6. The normalized spacial score (nSPS) is 24.0. The molecule has 0 saturated carbocycles. The van der Waals surface area contributed by atoms with Gasteiger partial charge in [0.1, 0.15) is 0 Å². The second-order valence-electron chi connectivity index (χ2n) is 3.93. The fourth-order valence-corrected chi connectivity index (χ4v) is 2.25. The van der Waals surface area contributed by atoms with Crippen molar-refractivity contribution in [2.24, 2.45) is 5.73 Å². The van der Waals surface area contributed by atoms with Crippen molar-refractivity contribution in [3.8, 4) is 0 Å². The Morgan fingerprint density at radius 1 is 1.31 bits per heavy atom. The van der Waals surface area contributed by atoms with Crippen molar-refractivity contribution in [3.05, 3.63) is 34.9 Å². The van der Waals surface area contributed by atoms with Crippen molar-refractivity contribution in [1.29, 1.82) is 0 Å². The lowest BCUT2D eigenvalue weighted by molar-refractivity contribution is 0.780. The third kappa shape index (κ3) is 1.61. The van der Waals surface area contributed by atoms with Crippen LogP contribution in [0.3, 0.4) is 0 Å². The van der Waals surface area contributed by atoms with Crippen LogP contribution in [0, 0.1) is 0 Å². The van der Waals surface area contributed by atoms with Gasteiger partial charge in [-0.15, -0.1) is 0 Å². The maximum Gasteiger partial charge on any atom is 0.0265 e. The van der Waals surface area contributed by atoms with E-state index in [1.165, 1.54) is 42.4 Å². The second kappa shape index (κ2) is 3.51. The molecule has 70 valence electrons. The average Bonchev–Trinajstić information content (AvgIpc) is 2.17. The van der Waals surface area contributed by atoms with Gasteiger partial charge in [-0.2, -0.15) is 0 Å². The summed E-state index contributed by atoms with van der Waals surface area (Å²) in [6, 6.07) is 0.205. The van der Waals surface area contributed by atoms with Gasteiger partial charge in [0.15, 0.2) is 0 Å². The molecule has 0 aromatic carbocycles. The first-order valence-corrected chi connectivity index (χ1v) is 5.13. The third-order valence-corrected chi connectivity index (χ3v) is 2.88. The molecule has 0 fully saturated rings. The first-order chi connectivity index (χ1) is 6.29. The van der Waals surface area contributed by atoms with Crippen LogP contribution in [0.1, 0.15) is 32.6 Å². The van der Waals surface area contributed by atoms with E-state index in [1.54, 1.807) is 0 Å². The summed E-state index contributed by atoms with van der Waals surface area (Å²) >= 11 is 0. The average molecular weight is 175 g/mol. The van der Waals surface area contributed by atoms with Crippen LogP contribution < -0.4 is 5.73 Å². The smallest absolute Gasteiger partial charge is 0.0265 e. The molecule has 13 heavy (non-hydrogen) atoms. The zero-order valence-corrected chi connectivity index (χ0v) is 8.22. The van der Waals surface area contributed by atoms with Crippen LogP contribution >= 0.6 is 0 Å². The third-order valence-electron chi connectivity index (χ3n) is 2.88. The van der Waals surface area contributed by atoms with Crippen molar-refractivity contribution in [2.75, 3.05) is 0 Å². The van der Waals surface area contributed by atoms with Crippen LogP contribution in [-0.2, 0) is 0 Å². The minimum Gasteiger partial charge on any atom is -0.324 e. The Labute approximate surface area is 80.0 Å². The maximum absolute atomic E-state index is 5.95. The molecule has 0 aromatic heterocycles. The molecule has 1 nitrogen and oxygen atoms in total. The highest BCUT2D eigenvalue weighted by Crippen LogP contribution is 2.33. The SMILES string of the molecule is C[C@H](N)C1=CCCC2=C1CCC=C2. The Kier molecular flexibility index (Phi) is 2.36. The molecule has 1 atom stereocenters. The fraction of sp³-hybridized carbons (Fsp3) is 0.500. The lowest BCUT2D eigenvalue weighted by Crippen LogP contribution is -2.22. The zero-order chi connectivity index (χ0) is 9.26. The van der Waals surface area contributed by atoms with Crippen molar-refractivity contribution in [2.45, 2.75) is 38.6 Å².